The molecule has 1 atom stereocenters. The lowest BCUT2D eigenvalue weighted by molar-refractivity contribution is -0.133. The van der Waals surface area contributed by atoms with Crippen LogP contribution in [0.15, 0.2) is 48.7 Å². The second-order valence-corrected chi connectivity index (χ2v) is 6.61. The van der Waals surface area contributed by atoms with Crippen LogP contribution in [0, 0.1) is 0 Å². The van der Waals surface area contributed by atoms with Crippen LogP contribution in [0.4, 0.5) is 0 Å². The van der Waals surface area contributed by atoms with E-state index in [0.717, 1.165) is 31.6 Å². The topological polar surface area (TPSA) is 36.4 Å². The Balaban J connectivity index is 1.55. The zero-order valence-corrected chi connectivity index (χ0v) is 14.5. The SMILES string of the molecule is C[C@@H](Cc1ccccn1)N(C)C(=O)CN1CCc2ccccc2C1. The number of hydrogen-bond acceptors (Lipinski definition) is 3. The Bertz CT molecular complexity index is 686. The molecule has 0 N–H and O–H groups in total. The Morgan fingerprint density at radius 2 is 1.96 bits per heavy atom. The number of pyridine rings is 1. The third-order valence-electron chi connectivity index (χ3n) is 4.85. The van der Waals surface area contributed by atoms with Crippen molar-refractivity contribution in [1.82, 2.24) is 14.8 Å². The fourth-order valence-corrected chi connectivity index (χ4v) is 3.20. The van der Waals surface area contributed by atoms with Gasteiger partial charge in [0.1, 0.15) is 0 Å². The average Bonchev–Trinajstić information content (AvgIpc) is 2.61. The number of likely N-dealkylation sites (N-methyl/N-ethyl adjacent to an activating group) is 1. The molecule has 1 aliphatic rings. The molecule has 126 valence electrons. The molecule has 1 aromatic carbocycles. The van der Waals surface area contributed by atoms with E-state index in [1.54, 1.807) is 6.20 Å². The molecular formula is C20H25N3O. The molecule has 2 aromatic rings. The molecule has 4 heteroatoms. The number of carbonyl (C=O) groups is 1. The standard InChI is InChI=1S/C20H25N3O/c1-16(13-19-9-5-6-11-21-19)22(2)20(24)15-23-12-10-17-7-3-4-8-18(17)14-23/h3-9,11,16H,10,12-15H2,1-2H3/t16-/m0/s1. The Morgan fingerprint density at radius 3 is 2.71 bits per heavy atom. The molecule has 0 aliphatic carbocycles. The lowest BCUT2D eigenvalue weighted by Crippen LogP contribution is -2.44. The molecule has 1 aromatic heterocycles. The maximum absolute atomic E-state index is 12.6. The summed E-state index contributed by atoms with van der Waals surface area (Å²) in [5.41, 5.74) is 3.79. The van der Waals surface area contributed by atoms with E-state index < -0.39 is 0 Å². The minimum atomic E-state index is 0.143. The maximum Gasteiger partial charge on any atom is 0.236 e. The lowest BCUT2D eigenvalue weighted by Gasteiger charge is -2.31. The fraction of sp³-hybridized carbons (Fsp3) is 0.400. The fourth-order valence-electron chi connectivity index (χ4n) is 3.20. The number of benzene rings is 1. The van der Waals surface area contributed by atoms with Gasteiger partial charge >= 0.3 is 0 Å². The zero-order chi connectivity index (χ0) is 16.9. The van der Waals surface area contributed by atoms with Gasteiger partial charge in [-0.3, -0.25) is 14.7 Å². The van der Waals surface area contributed by atoms with E-state index in [9.17, 15) is 4.79 Å². The van der Waals surface area contributed by atoms with Gasteiger partial charge in [-0.25, -0.2) is 0 Å². The highest BCUT2D eigenvalue weighted by atomic mass is 16.2. The van der Waals surface area contributed by atoms with Crippen molar-refractivity contribution >= 4 is 5.91 Å². The minimum Gasteiger partial charge on any atom is -0.342 e. The molecule has 0 unspecified atom stereocenters. The Hall–Kier alpha value is -2.20. The van der Waals surface area contributed by atoms with Gasteiger partial charge in [0.2, 0.25) is 5.91 Å². The molecule has 0 radical (unpaired) electrons. The van der Waals surface area contributed by atoms with E-state index in [0.29, 0.717) is 6.54 Å². The van der Waals surface area contributed by atoms with Crippen LogP contribution in [-0.2, 0) is 24.2 Å². The predicted molar refractivity (Wildman–Crippen MR) is 95.6 cm³/mol. The molecule has 0 bridgehead atoms. The molecule has 0 saturated heterocycles. The third kappa shape index (κ3) is 4.01. The Labute approximate surface area is 144 Å². The molecule has 2 heterocycles. The number of carbonyl (C=O) groups excluding carboxylic acids is 1. The normalized spacial score (nSPS) is 15.6. The van der Waals surface area contributed by atoms with Gasteiger partial charge in [-0.2, -0.15) is 0 Å². The number of aromatic nitrogens is 1. The van der Waals surface area contributed by atoms with Crippen molar-refractivity contribution in [3.8, 4) is 0 Å². The molecule has 24 heavy (non-hydrogen) atoms. The van der Waals surface area contributed by atoms with Gasteiger partial charge < -0.3 is 4.90 Å². The number of rotatable bonds is 5. The highest BCUT2D eigenvalue weighted by Gasteiger charge is 2.22. The Kier molecular flexibility index (Phi) is 5.26. The molecular weight excluding hydrogens is 298 g/mol. The van der Waals surface area contributed by atoms with E-state index in [4.69, 9.17) is 0 Å². The second-order valence-electron chi connectivity index (χ2n) is 6.61. The van der Waals surface area contributed by atoms with Gasteiger partial charge in [-0.05, 0) is 36.6 Å². The van der Waals surface area contributed by atoms with Crippen LogP contribution >= 0.6 is 0 Å². The van der Waals surface area contributed by atoms with E-state index >= 15 is 0 Å². The summed E-state index contributed by atoms with van der Waals surface area (Å²) in [5, 5.41) is 0. The summed E-state index contributed by atoms with van der Waals surface area (Å²) in [6, 6.07) is 14.6. The smallest absolute Gasteiger partial charge is 0.236 e. The second kappa shape index (κ2) is 7.58. The summed E-state index contributed by atoms with van der Waals surface area (Å²) in [6.45, 7) is 4.38. The van der Waals surface area contributed by atoms with Crippen LogP contribution in [0.2, 0.25) is 0 Å². The first kappa shape index (κ1) is 16.7. The average molecular weight is 323 g/mol. The first-order chi connectivity index (χ1) is 11.6. The molecule has 0 spiro atoms. The largest absolute Gasteiger partial charge is 0.342 e. The van der Waals surface area contributed by atoms with Crippen molar-refractivity contribution in [3.63, 3.8) is 0 Å². The highest BCUT2D eigenvalue weighted by Crippen LogP contribution is 2.18. The maximum atomic E-state index is 12.6. The first-order valence-corrected chi connectivity index (χ1v) is 8.58. The van der Waals surface area contributed by atoms with Crippen molar-refractivity contribution in [2.45, 2.75) is 32.4 Å². The predicted octanol–water partition coefficient (Wildman–Crippen LogP) is 2.53. The molecule has 1 amide bonds. The summed E-state index contributed by atoms with van der Waals surface area (Å²) in [5.74, 6) is 0.179. The van der Waals surface area contributed by atoms with Gasteiger partial charge in [-0.15, -0.1) is 0 Å². The lowest BCUT2D eigenvalue weighted by atomic mass is 10.00. The molecule has 3 rings (SSSR count). The summed E-state index contributed by atoms with van der Waals surface area (Å²) in [6.07, 6.45) is 3.61. The van der Waals surface area contributed by atoms with Crippen molar-refractivity contribution in [2.75, 3.05) is 20.1 Å². The molecule has 0 fully saturated rings. The van der Waals surface area contributed by atoms with Crippen LogP contribution < -0.4 is 0 Å². The Morgan fingerprint density at radius 1 is 1.21 bits per heavy atom. The number of amides is 1. The van der Waals surface area contributed by atoms with Crippen LogP contribution in [0.25, 0.3) is 0 Å². The van der Waals surface area contributed by atoms with E-state index in [-0.39, 0.29) is 11.9 Å². The molecule has 0 saturated carbocycles. The summed E-state index contributed by atoms with van der Waals surface area (Å²) < 4.78 is 0. The van der Waals surface area contributed by atoms with Crippen LogP contribution in [-0.4, -0.2) is 46.9 Å². The van der Waals surface area contributed by atoms with Gasteiger partial charge in [0.05, 0.1) is 6.54 Å². The van der Waals surface area contributed by atoms with Gasteiger partial charge in [0, 0.05) is 44.5 Å². The van der Waals surface area contributed by atoms with Gasteiger partial charge in [0.15, 0.2) is 0 Å². The highest BCUT2D eigenvalue weighted by molar-refractivity contribution is 5.78. The van der Waals surface area contributed by atoms with Gasteiger partial charge in [-0.1, -0.05) is 30.3 Å². The van der Waals surface area contributed by atoms with Crippen LogP contribution in [0.3, 0.4) is 0 Å². The first-order valence-electron chi connectivity index (χ1n) is 8.58. The number of fused-ring (bicyclic) bond motifs is 1. The minimum absolute atomic E-state index is 0.143. The van der Waals surface area contributed by atoms with E-state index in [2.05, 4.69) is 41.1 Å². The van der Waals surface area contributed by atoms with Crippen molar-refractivity contribution in [1.29, 1.82) is 0 Å². The summed E-state index contributed by atoms with van der Waals surface area (Å²) in [4.78, 5) is 21.1. The number of hydrogen-bond donors (Lipinski definition) is 0. The molecule has 4 nitrogen and oxygen atoms in total. The van der Waals surface area contributed by atoms with E-state index in [1.807, 2.05) is 30.1 Å². The van der Waals surface area contributed by atoms with Crippen molar-refractivity contribution < 1.29 is 4.79 Å². The summed E-state index contributed by atoms with van der Waals surface area (Å²) in [7, 11) is 1.90. The monoisotopic (exact) mass is 323 g/mol. The van der Waals surface area contributed by atoms with Crippen LogP contribution in [0.1, 0.15) is 23.7 Å². The van der Waals surface area contributed by atoms with Gasteiger partial charge in [0.25, 0.3) is 0 Å². The quantitative estimate of drug-likeness (QED) is 0.848. The van der Waals surface area contributed by atoms with Crippen molar-refractivity contribution in [2.24, 2.45) is 0 Å². The number of nitrogens with zero attached hydrogens (tertiary/aromatic N) is 3. The van der Waals surface area contributed by atoms with Crippen molar-refractivity contribution in [3.05, 3.63) is 65.5 Å². The zero-order valence-electron chi connectivity index (χ0n) is 14.5. The van der Waals surface area contributed by atoms with E-state index in [1.165, 1.54) is 11.1 Å². The molecule has 1 aliphatic heterocycles. The summed E-state index contributed by atoms with van der Waals surface area (Å²) >= 11 is 0. The third-order valence-corrected chi connectivity index (χ3v) is 4.85. The van der Waals surface area contributed by atoms with Crippen LogP contribution in [0.5, 0.6) is 0 Å².